The van der Waals surface area contributed by atoms with Gasteiger partial charge in [0.1, 0.15) is 11.2 Å². The van der Waals surface area contributed by atoms with Gasteiger partial charge in [-0.15, -0.1) is 11.8 Å². The summed E-state index contributed by atoms with van der Waals surface area (Å²) in [4.78, 5) is 17.2. The van der Waals surface area contributed by atoms with E-state index in [1.807, 2.05) is 4.90 Å². The summed E-state index contributed by atoms with van der Waals surface area (Å²) in [5.41, 5.74) is 3.44. The van der Waals surface area contributed by atoms with Crippen molar-refractivity contribution in [2.45, 2.75) is 38.7 Å². The number of hydrogen-bond acceptors (Lipinski definition) is 3. The van der Waals surface area contributed by atoms with Crippen molar-refractivity contribution in [1.29, 1.82) is 0 Å². The molecule has 0 aliphatic carbocycles. The van der Waals surface area contributed by atoms with Gasteiger partial charge in [-0.2, -0.15) is 0 Å². The minimum atomic E-state index is -0.247. The van der Waals surface area contributed by atoms with Gasteiger partial charge in [0.15, 0.2) is 0 Å². The summed E-state index contributed by atoms with van der Waals surface area (Å²) in [5.74, 6) is 0.798. The molecule has 1 amide bonds. The monoisotopic (exact) mass is 386 g/mol. The largest absolute Gasteiger partial charge is 0.325 e. The molecule has 2 aromatic rings. The van der Waals surface area contributed by atoms with Gasteiger partial charge in [0.25, 0.3) is 0 Å². The van der Waals surface area contributed by atoms with Crippen molar-refractivity contribution in [3.8, 4) is 0 Å². The number of carbonyl (C=O) groups excluding carboxylic acids is 1. The number of benzene rings is 2. The van der Waals surface area contributed by atoms with E-state index in [-0.39, 0.29) is 23.1 Å². The van der Waals surface area contributed by atoms with Crippen LogP contribution in [0.5, 0.6) is 0 Å². The van der Waals surface area contributed by atoms with Crippen LogP contribution >= 0.6 is 11.8 Å². The van der Waals surface area contributed by atoms with Crippen molar-refractivity contribution >= 4 is 17.7 Å². The lowest BCUT2D eigenvalue weighted by Crippen LogP contribution is -2.42. The molecule has 3 nitrogen and oxygen atoms in total. The summed E-state index contributed by atoms with van der Waals surface area (Å²) in [7, 11) is 0. The van der Waals surface area contributed by atoms with Gasteiger partial charge in [0.05, 0.1) is 6.54 Å². The zero-order valence-corrected chi connectivity index (χ0v) is 17.0. The van der Waals surface area contributed by atoms with Crippen LogP contribution in [0.1, 0.15) is 35.9 Å². The summed E-state index contributed by atoms with van der Waals surface area (Å²) in [6.45, 7) is 8.22. The van der Waals surface area contributed by atoms with Crippen LogP contribution in [-0.4, -0.2) is 40.6 Å². The molecule has 2 aromatic carbocycles. The first-order valence-electron chi connectivity index (χ1n) is 9.40. The molecule has 0 unspecified atom stereocenters. The highest BCUT2D eigenvalue weighted by molar-refractivity contribution is 7.99. The molecule has 1 aliphatic heterocycles. The normalized spacial score (nSPS) is 17.1. The van der Waals surface area contributed by atoms with Crippen LogP contribution in [0.2, 0.25) is 0 Å². The lowest BCUT2D eigenvalue weighted by Gasteiger charge is -2.30. The van der Waals surface area contributed by atoms with Crippen molar-refractivity contribution in [2.24, 2.45) is 0 Å². The highest BCUT2D eigenvalue weighted by Gasteiger charge is 2.31. The average molecular weight is 387 g/mol. The Kier molecular flexibility index (Phi) is 6.55. The fourth-order valence-electron chi connectivity index (χ4n) is 3.36. The second kappa shape index (κ2) is 8.89. The number of hydrogen-bond donors (Lipinski definition) is 0. The molecule has 27 heavy (non-hydrogen) atoms. The molecule has 0 N–H and O–H groups in total. The molecule has 1 atom stereocenters. The number of aryl methyl sites for hydroxylation is 1. The Morgan fingerprint density at radius 3 is 2.67 bits per heavy atom. The van der Waals surface area contributed by atoms with Gasteiger partial charge in [0.2, 0.25) is 5.91 Å². The summed E-state index contributed by atoms with van der Waals surface area (Å²) < 4.78 is 13.2. The van der Waals surface area contributed by atoms with E-state index >= 15 is 0 Å². The van der Waals surface area contributed by atoms with Gasteiger partial charge < -0.3 is 4.90 Å². The molecular formula is C22H27FN2OS. The van der Waals surface area contributed by atoms with Gasteiger partial charge in [-0.05, 0) is 44.0 Å². The average Bonchev–Trinajstić information content (AvgIpc) is 3.11. The minimum Gasteiger partial charge on any atom is -0.325 e. The Morgan fingerprint density at radius 2 is 2.00 bits per heavy atom. The van der Waals surface area contributed by atoms with Crippen LogP contribution in [-0.2, 0) is 11.3 Å². The molecule has 144 valence electrons. The van der Waals surface area contributed by atoms with Crippen LogP contribution < -0.4 is 0 Å². The first kappa shape index (κ1) is 19.9. The standard InChI is InChI=1S/C22H27FN2OS/c1-16(2)24(14-18-6-4-5-17(3)13-18)15-21(26)25-11-12-27-22(25)19-7-9-20(23)10-8-19/h4-10,13,16,22H,11-12,14-15H2,1-3H3/t22-/m0/s1. The van der Waals surface area contributed by atoms with Gasteiger partial charge in [0, 0.05) is 24.9 Å². The zero-order valence-electron chi connectivity index (χ0n) is 16.2. The molecule has 0 spiro atoms. The minimum absolute atomic E-state index is 0.0221. The molecule has 1 heterocycles. The molecule has 0 saturated carbocycles. The number of carbonyl (C=O) groups is 1. The third-order valence-electron chi connectivity index (χ3n) is 4.90. The van der Waals surface area contributed by atoms with Crippen molar-refractivity contribution < 1.29 is 9.18 Å². The smallest absolute Gasteiger partial charge is 0.237 e. The maximum Gasteiger partial charge on any atom is 0.237 e. The first-order valence-corrected chi connectivity index (χ1v) is 10.4. The molecule has 3 rings (SSSR count). The van der Waals surface area contributed by atoms with Crippen LogP contribution in [0, 0.1) is 12.7 Å². The van der Waals surface area contributed by atoms with Crippen molar-refractivity contribution in [1.82, 2.24) is 9.80 Å². The van der Waals surface area contributed by atoms with Crippen LogP contribution in [0.25, 0.3) is 0 Å². The van der Waals surface area contributed by atoms with Gasteiger partial charge in [-0.25, -0.2) is 4.39 Å². The molecule has 0 radical (unpaired) electrons. The second-order valence-electron chi connectivity index (χ2n) is 7.35. The van der Waals surface area contributed by atoms with E-state index in [1.54, 1.807) is 23.9 Å². The Balaban J connectivity index is 1.70. The first-order chi connectivity index (χ1) is 12.9. The van der Waals surface area contributed by atoms with Crippen molar-refractivity contribution in [3.63, 3.8) is 0 Å². The maximum atomic E-state index is 13.2. The molecule has 5 heteroatoms. The Bertz CT molecular complexity index is 778. The molecular weight excluding hydrogens is 359 g/mol. The summed E-state index contributed by atoms with van der Waals surface area (Å²) in [6, 6.07) is 15.2. The van der Waals surface area contributed by atoms with Crippen molar-refractivity contribution in [3.05, 3.63) is 71.0 Å². The summed E-state index contributed by atoms with van der Waals surface area (Å²) in [5, 5.41) is -0.0221. The molecule has 0 aromatic heterocycles. The number of rotatable bonds is 6. The molecule has 0 bridgehead atoms. The van der Waals surface area contributed by atoms with Gasteiger partial charge in [-0.1, -0.05) is 42.0 Å². The number of thioether (sulfide) groups is 1. The SMILES string of the molecule is Cc1cccc(CN(CC(=O)N2CCS[C@H]2c2ccc(F)cc2)C(C)C)c1. The topological polar surface area (TPSA) is 23.6 Å². The number of nitrogens with zero attached hydrogens (tertiary/aromatic N) is 2. The highest BCUT2D eigenvalue weighted by atomic mass is 32.2. The van der Waals surface area contributed by atoms with E-state index in [9.17, 15) is 9.18 Å². The van der Waals surface area contributed by atoms with Crippen LogP contribution in [0.15, 0.2) is 48.5 Å². The van der Waals surface area contributed by atoms with E-state index in [0.29, 0.717) is 6.54 Å². The lowest BCUT2D eigenvalue weighted by atomic mass is 10.1. The van der Waals surface area contributed by atoms with E-state index in [1.165, 1.54) is 23.3 Å². The van der Waals surface area contributed by atoms with Crippen LogP contribution in [0.4, 0.5) is 4.39 Å². The highest BCUT2D eigenvalue weighted by Crippen LogP contribution is 2.38. The molecule has 1 fully saturated rings. The molecule has 1 saturated heterocycles. The fraction of sp³-hybridized carbons (Fsp3) is 0.409. The van der Waals surface area contributed by atoms with Crippen molar-refractivity contribution in [2.75, 3.05) is 18.8 Å². The number of amides is 1. The van der Waals surface area contributed by atoms with Gasteiger partial charge >= 0.3 is 0 Å². The molecule has 1 aliphatic rings. The van der Waals surface area contributed by atoms with Gasteiger partial charge in [-0.3, -0.25) is 9.69 Å². The van der Waals surface area contributed by atoms with E-state index < -0.39 is 0 Å². The lowest BCUT2D eigenvalue weighted by molar-refractivity contribution is -0.133. The second-order valence-corrected chi connectivity index (χ2v) is 8.54. The van der Waals surface area contributed by atoms with Crippen LogP contribution in [0.3, 0.4) is 0 Å². The predicted octanol–water partition coefficient (Wildman–Crippen LogP) is 4.62. The Morgan fingerprint density at radius 1 is 1.26 bits per heavy atom. The van der Waals surface area contributed by atoms with E-state index in [0.717, 1.165) is 24.4 Å². The Hall–Kier alpha value is -1.85. The van der Waals surface area contributed by atoms with E-state index in [2.05, 4.69) is 49.9 Å². The fourth-order valence-corrected chi connectivity index (χ4v) is 4.64. The third-order valence-corrected chi connectivity index (χ3v) is 6.16. The summed E-state index contributed by atoms with van der Waals surface area (Å²) in [6.07, 6.45) is 0. The third kappa shape index (κ3) is 5.11. The number of halogens is 1. The Labute approximate surface area is 165 Å². The van der Waals surface area contributed by atoms with E-state index in [4.69, 9.17) is 0 Å². The predicted molar refractivity (Wildman–Crippen MR) is 110 cm³/mol. The quantitative estimate of drug-likeness (QED) is 0.724. The maximum absolute atomic E-state index is 13.2. The zero-order chi connectivity index (χ0) is 19.4. The summed E-state index contributed by atoms with van der Waals surface area (Å²) >= 11 is 1.74.